The van der Waals surface area contributed by atoms with Crippen LogP contribution in [0.4, 0.5) is 11.4 Å². The molecule has 12 heteroatoms. The quantitative estimate of drug-likeness (QED) is 0.269. The second kappa shape index (κ2) is 10.7. The topological polar surface area (TPSA) is 170 Å². The molecule has 3 N–H and O–H groups in total. The minimum absolute atomic E-state index is 0.00160. The Morgan fingerprint density at radius 1 is 0.674 bits per heavy atom. The van der Waals surface area contributed by atoms with Crippen LogP contribution >= 0.6 is 11.6 Å². The number of phenols is 1. The number of aromatic hydroxyl groups is 1. The molecule has 4 aliphatic rings. The van der Waals surface area contributed by atoms with Gasteiger partial charge in [-0.15, -0.1) is 0 Å². The van der Waals surface area contributed by atoms with Gasteiger partial charge in [0.15, 0.2) is 0 Å². The van der Waals surface area contributed by atoms with E-state index in [4.69, 9.17) is 11.6 Å². The van der Waals surface area contributed by atoms with E-state index < -0.39 is 71.1 Å². The van der Waals surface area contributed by atoms with E-state index in [1.807, 2.05) is 6.08 Å². The van der Waals surface area contributed by atoms with Crippen molar-refractivity contribution in [3.05, 3.63) is 100 Å². The highest BCUT2D eigenvalue weighted by Crippen LogP contribution is 2.59. The van der Waals surface area contributed by atoms with Gasteiger partial charge in [0.25, 0.3) is 0 Å². The number of hydrogen-bond acceptors (Lipinski definition) is 7. The number of aromatic carboxylic acids is 2. The zero-order valence-electron chi connectivity index (χ0n) is 23.9. The van der Waals surface area contributed by atoms with Crippen LogP contribution in [0.3, 0.4) is 0 Å². The third-order valence-electron chi connectivity index (χ3n) is 9.72. The number of benzene rings is 3. The van der Waals surface area contributed by atoms with Crippen molar-refractivity contribution in [1.82, 2.24) is 0 Å². The van der Waals surface area contributed by atoms with Gasteiger partial charge in [0.2, 0.25) is 23.6 Å². The maximum atomic E-state index is 14.2. The van der Waals surface area contributed by atoms with Gasteiger partial charge in [0.05, 0.1) is 46.2 Å². The van der Waals surface area contributed by atoms with E-state index in [0.717, 1.165) is 9.80 Å². The molecule has 2 saturated heterocycles. The molecule has 0 unspecified atom stereocenters. The van der Waals surface area contributed by atoms with Gasteiger partial charge in [-0.25, -0.2) is 9.59 Å². The summed E-state index contributed by atoms with van der Waals surface area (Å²) < 4.78 is 0. The van der Waals surface area contributed by atoms with Crippen molar-refractivity contribution in [2.75, 3.05) is 9.80 Å². The number of allylic oxidation sites excluding steroid dienone is 2. The highest BCUT2D eigenvalue weighted by molar-refractivity contribution is 6.30. The second-order valence-corrected chi connectivity index (χ2v) is 12.4. The molecule has 46 heavy (non-hydrogen) atoms. The largest absolute Gasteiger partial charge is 0.508 e. The number of halogens is 1. The summed E-state index contributed by atoms with van der Waals surface area (Å²) in [7, 11) is 0. The van der Waals surface area contributed by atoms with E-state index in [2.05, 4.69) is 0 Å². The van der Waals surface area contributed by atoms with Crippen LogP contribution in [-0.4, -0.2) is 50.9 Å². The van der Waals surface area contributed by atoms with Crippen LogP contribution in [0.15, 0.2) is 78.4 Å². The lowest BCUT2D eigenvalue weighted by atomic mass is 9.57. The molecule has 0 spiro atoms. The standard InChI is InChI=1S/C34H25ClN2O9/c35-17-5-12-25(38)23(13-17)26-20-10-11-21-27(31(41)36(29(21)39)18-6-1-15(2-7-18)33(43)44)22(20)14-24-28(26)32(42)37(30(24)40)19-8-3-16(4-9-19)34(45)46/h1-10,12-13,21-22,24,26-28,38H,11,14H2,(H,43,44)(H,45,46)/t21-,22+,24+,26+,27-,28+/m0/s1. The van der Waals surface area contributed by atoms with E-state index in [-0.39, 0.29) is 41.1 Å². The van der Waals surface area contributed by atoms with Crippen LogP contribution in [0.5, 0.6) is 5.75 Å². The van der Waals surface area contributed by atoms with Gasteiger partial charge >= 0.3 is 11.9 Å². The summed E-state index contributed by atoms with van der Waals surface area (Å²) >= 11 is 6.35. The Morgan fingerprint density at radius 3 is 1.74 bits per heavy atom. The number of phenolic OH excluding ortho intramolecular Hbond substituents is 1. The predicted molar refractivity (Wildman–Crippen MR) is 162 cm³/mol. The molecule has 2 aliphatic carbocycles. The van der Waals surface area contributed by atoms with Gasteiger partial charge < -0.3 is 15.3 Å². The number of carbonyl (C=O) groups excluding carboxylic acids is 4. The molecule has 1 saturated carbocycles. The summed E-state index contributed by atoms with van der Waals surface area (Å²) in [4.78, 5) is 80.8. The average molecular weight is 641 g/mol. The fourth-order valence-corrected chi connectivity index (χ4v) is 7.91. The van der Waals surface area contributed by atoms with E-state index in [9.17, 15) is 44.1 Å². The zero-order valence-corrected chi connectivity index (χ0v) is 24.6. The van der Waals surface area contributed by atoms with Crippen LogP contribution in [-0.2, 0) is 19.2 Å². The number of fused-ring (bicyclic) bond motifs is 4. The SMILES string of the molecule is O=C(O)c1ccc(N2C(=O)[C@H]3[C@H](CC=C4[C@H]3C[C@H]3C(=O)N(c5ccc(C(=O)O)cc5)C(=O)[C@H]3[C@H]4c3cc(Cl)ccc3O)C2=O)cc1. The monoisotopic (exact) mass is 640 g/mol. The Kier molecular flexibility index (Phi) is 6.82. The fourth-order valence-electron chi connectivity index (χ4n) is 7.73. The summed E-state index contributed by atoms with van der Waals surface area (Å²) in [6.45, 7) is 0. The molecule has 0 radical (unpaired) electrons. The van der Waals surface area contributed by atoms with Crippen molar-refractivity contribution in [2.24, 2.45) is 29.6 Å². The number of hydrogen-bond donors (Lipinski definition) is 3. The smallest absolute Gasteiger partial charge is 0.335 e. The van der Waals surface area contributed by atoms with Crippen LogP contribution < -0.4 is 9.80 Å². The Balaban J connectivity index is 1.31. The first kappa shape index (κ1) is 29.4. The van der Waals surface area contributed by atoms with Gasteiger partial charge in [-0.3, -0.25) is 29.0 Å². The van der Waals surface area contributed by atoms with Crippen molar-refractivity contribution < 1.29 is 44.1 Å². The molecule has 232 valence electrons. The maximum Gasteiger partial charge on any atom is 0.335 e. The van der Waals surface area contributed by atoms with Gasteiger partial charge in [-0.05, 0) is 85.5 Å². The lowest BCUT2D eigenvalue weighted by Crippen LogP contribution is -2.43. The summed E-state index contributed by atoms with van der Waals surface area (Å²) in [5.74, 6) is -9.37. The number of carboxylic acids is 2. The van der Waals surface area contributed by atoms with Gasteiger partial charge in [0, 0.05) is 16.5 Å². The highest BCUT2D eigenvalue weighted by Gasteiger charge is 2.62. The first-order valence-corrected chi connectivity index (χ1v) is 15.0. The first-order valence-electron chi connectivity index (χ1n) is 14.6. The number of anilines is 2. The van der Waals surface area contributed by atoms with Crippen LogP contribution in [0.2, 0.25) is 5.02 Å². The fraction of sp³-hybridized carbons (Fsp3) is 0.235. The molecule has 4 amide bonds. The molecular formula is C34H25ClN2O9. The molecule has 11 nitrogen and oxygen atoms in total. The molecule has 2 aliphatic heterocycles. The third kappa shape index (κ3) is 4.33. The normalized spacial score (nSPS) is 26.8. The van der Waals surface area contributed by atoms with Crippen LogP contribution in [0.1, 0.15) is 45.0 Å². The molecule has 7 rings (SSSR count). The third-order valence-corrected chi connectivity index (χ3v) is 9.95. The summed E-state index contributed by atoms with van der Waals surface area (Å²) in [5, 5.41) is 29.9. The van der Waals surface area contributed by atoms with E-state index in [1.165, 1.54) is 66.7 Å². The number of carbonyl (C=O) groups is 6. The lowest BCUT2D eigenvalue weighted by Gasteiger charge is -2.44. The average Bonchev–Trinajstić information content (AvgIpc) is 3.45. The van der Waals surface area contributed by atoms with Crippen molar-refractivity contribution in [2.45, 2.75) is 18.8 Å². The van der Waals surface area contributed by atoms with Gasteiger partial charge in [-0.2, -0.15) is 0 Å². The number of imide groups is 2. The van der Waals surface area contributed by atoms with Crippen molar-refractivity contribution in [1.29, 1.82) is 0 Å². The molecule has 2 heterocycles. The van der Waals surface area contributed by atoms with Gasteiger partial charge in [-0.1, -0.05) is 23.3 Å². The molecule has 6 atom stereocenters. The summed E-state index contributed by atoms with van der Waals surface area (Å²) in [6.07, 6.45) is 2.11. The van der Waals surface area contributed by atoms with Crippen molar-refractivity contribution >= 4 is 58.5 Å². The maximum absolute atomic E-state index is 14.2. The lowest BCUT2D eigenvalue weighted by molar-refractivity contribution is -0.126. The van der Waals surface area contributed by atoms with Gasteiger partial charge in [0.1, 0.15) is 5.75 Å². The van der Waals surface area contributed by atoms with Crippen molar-refractivity contribution in [3.8, 4) is 5.75 Å². The Hall–Kier alpha value is -5.29. The molecule has 3 aromatic rings. The molecule has 3 aromatic carbocycles. The molecular weight excluding hydrogens is 616 g/mol. The van der Waals surface area contributed by atoms with Crippen LogP contribution in [0.25, 0.3) is 0 Å². The van der Waals surface area contributed by atoms with Crippen LogP contribution in [0, 0.1) is 29.6 Å². The molecule has 0 bridgehead atoms. The Labute approximate surface area is 266 Å². The zero-order chi connectivity index (χ0) is 32.6. The van der Waals surface area contributed by atoms with E-state index in [1.54, 1.807) is 0 Å². The first-order chi connectivity index (χ1) is 22.0. The number of rotatable bonds is 5. The Bertz CT molecular complexity index is 1900. The number of carboxylic acid groups (broad SMARTS) is 2. The summed E-state index contributed by atoms with van der Waals surface area (Å²) in [5.41, 5.74) is 1.39. The number of amides is 4. The predicted octanol–water partition coefficient (Wildman–Crippen LogP) is 4.49. The minimum atomic E-state index is -1.16. The molecule has 3 fully saturated rings. The minimum Gasteiger partial charge on any atom is -0.508 e. The van der Waals surface area contributed by atoms with E-state index in [0.29, 0.717) is 16.2 Å². The number of nitrogens with zero attached hydrogens (tertiary/aromatic N) is 2. The molecule has 0 aromatic heterocycles. The Morgan fingerprint density at radius 2 is 1.20 bits per heavy atom. The van der Waals surface area contributed by atoms with E-state index >= 15 is 0 Å². The summed E-state index contributed by atoms with van der Waals surface area (Å²) in [6, 6.07) is 15.2. The second-order valence-electron chi connectivity index (χ2n) is 12.0. The van der Waals surface area contributed by atoms with Crippen molar-refractivity contribution in [3.63, 3.8) is 0 Å². The highest BCUT2D eigenvalue weighted by atomic mass is 35.5.